The highest BCUT2D eigenvalue weighted by Crippen LogP contribution is 2.33. The van der Waals surface area contributed by atoms with Crippen LogP contribution in [0.15, 0.2) is 30.5 Å². The summed E-state index contributed by atoms with van der Waals surface area (Å²) in [4.78, 5) is 6.21. The van der Waals surface area contributed by atoms with E-state index in [0.717, 1.165) is 16.9 Å². The van der Waals surface area contributed by atoms with E-state index in [9.17, 15) is 0 Å². The molecule has 0 fully saturated rings. The summed E-state index contributed by atoms with van der Waals surface area (Å²) in [5.41, 5.74) is 2.63. The zero-order valence-corrected chi connectivity index (χ0v) is 13.7. The average molecular weight is 326 g/mol. The second-order valence-corrected chi connectivity index (χ2v) is 5.48. The molecule has 2 aromatic rings. The van der Waals surface area contributed by atoms with Gasteiger partial charge in [-0.05, 0) is 18.2 Å². The largest absolute Gasteiger partial charge is 0.479 e. The number of halogens is 2. The molecule has 1 aromatic carbocycles. The molecule has 0 spiro atoms. The predicted octanol–water partition coefficient (Wildman–Crippen LogP) is 4.08. The number of methoxy groups -OCH3 is 1. The molecular weight excluding hydrogens is 309 g/mol. The third kappa shape index (κ3) is 3.52. The Hall–Kier alpha value is -1.65. The van der Waals surface area contributed by atoms with Crippen molar-refractivity contribution in [3.8, 4) is 5.88 Å². The van der Waals surface area contributed by atoms with Gasteiger partial charge in [-0.25, -0.2) is 4.98 Å². The minimum atomic E-state index is 0.488. The SMILES string of the molecule is COc1nccc(N(C)C)c1NCc1c(Cl)cccc1Cl. The van der Waals surface area contributed by atoms with Crippen molar-refractivity contribution in [3.63, 3.8) is 0 Å². The Kier molecular flexibility index (Phi) is 5.15. The van der Waals surface area contributed by atoms with Gasteiger partial charge in [0.2, 0.25) is 5.88 Å². The van der Waals surface area contributed by atoms with Gasteiger partial charge >= 0.3 is 0 Å². The topological polar surface area (TPSA) is 37.4 Å². The molecule has 4 nitrogen and oxygen atoms in total. The molecule has 1 N–H and O–H groups in total. The Balaban J connectivity index is 2.31. The number of pyridine rings is 1. The van der Waals surface area contributed by atoms with Crippen LogP contribution >= 0.6 is 23.2 Å². The van der Waals surface area contributed by atoms with Gasteiger partial charge in [0.15, 0.2) is 0 Å². The highest BCUT2D eigenvalue weighted by molar-refractivity contribution is 6.36. The molecule has 112 valence electrons. The average Bonchev–Trinajstić information content (AvgIpc) is 2.46. The van der Waals surface area contributed by atoms with Crippen LogP contribution in [-0.2, 0) is 6.54 Å². The van der Waals surface area contributed by atoms with Crippen molar-refractivity contribution < 1.29 is 4.74 Å². The van der Waals surface area contributed by atoms with Crippen molar-refractivity contribution in [1.82, 2.24) is 4.98 Å². The van der Waals surface area contributed by atoms with Gasteiger partial charge in [0, 0.05) is 42.4 Å². The smallest absolute Gasteiger partial charge is 0.239 e. The standard InChI is InChI=1S/C15H17Cl2N3O/c1-20(2)13-7-8-18-15(21-3)14(13)19-9-10-11(16)5-4-6-12(10)17/h4-8,19H,9H2,1-3H3. The first-order valence-electron chi connectivity index (χ1n) is 6.41. The van der Waals surface area contributed by atoms with Crippen LogP contribution in [0.3, 0.4) is 0 Å². The fourth-order valence-corrected chi connectivity index (χ4v) is 2.54. The summed E-state index contributed by atoms with van der Waals surface area (Å²) < 4.78 is 5.32. The number of benzene rings is 1. The normalized spacial score (nSPS) is 10.3. The van der Waals surface area contributed by atoms with E-state index >= 15 is 0 Å². The van der Waals surface area contributed by atoms with Crippen LogP contribution in [-0.4, -0.2) is 26.2 Å². The third-order valence-electron chi connectivity index (χ3n) is 3.07. The lowest BCUT2D eigenvalue weighted by Gasteiger charge is -2.20. The third-order valence-corrected chi connectivity index (χ3v) is 3.78. The highest BCUT2D eigenvalue weighted by atomic mass is 35.5. The van der Waals surface area contributed by atoms with Gasteiger partial charge in [-0.1, -0.05) is 29.3 Å². The van der Waals surface area contributed by atoms with E-state index in [1.165, 1.54) is 0 Å². The van der Waals surface area contributed by atoms with Gasteiger partial charge in [0.05, 0.1) is 12.8 Å². The van der Waals surface area contributed by atoms with Crippen molar-refractivity contribution in [1.29, 1.82) is 0 Å². The molecular formula is C15H17Cl2N3O. The second-order valence-electron chi connectivity index (χ2n) is 4.66. The highest BCUT2D eigenvalue weighted by Gasteiger charge is 2.13. The van der Waals surface area contributed by atoms with E-state index in [1.54, 1.807) is 13.3 Å². The lowest BCUT2D eigenvalue weighted by atomic mass is 10.2. The molecule has 0 saturated carbocycles. The maximum atomic E-state index is 6.19. The summed E-state index contributed by atoms with van der Waals surface area (Å²) in [6.07, 6.45) is 1.71. The molecule has 0 atom stereocenters. The number of rotatable bonds is 5. The number of ether oxygens (including phenoxy) is 1. The molecule has 0 amide bonds. The summed E-state index contributed by atoms with van der Waals surface area (Å²) in [7, 11) is 5.51. The predicted molar refractivity (Wildman–Crippen MR) is 88.9 cm³/mol. The Bertz CT molecular complexity index is 612. The Morgan fingerprint density at radius 3 is 2.43 bits per heavy atom. The quantitative estimate of drug-likeness (QED) is 0.898. The maximum Gasteiger partial charge on any atom is 0.239 e. The van der Waals surface area contributed by atoms with Crippen LogP contribution in [0.1, 0.15) is 5.56 Å². The molecule has 1 aromatic heterocycles. The van der Waals surface area contributed by atoms with Crippen LogP contribution in [0.4, 0.5) is 11.4 Å². The molecule has 0 unspecified atom stereocenters. The summed E-state index contributed by atoms with van der Waals surface area (Å²) in [5, 5.41) is 4.57. The molecule has 0 aliphatic heterocycles. The minimum Gasteiger partial charge on any atom is -0.479 e. The van der Waals surface area contributed by atoms with Crippen molar-refractivity contribution in [3.05, 3.63) is 46.1 Å². The molecule has 0 aliphatic rings. The number of nitrogens with zero attached hydrogens (tertiary/aromatic N) is 2. The van der Waals surface area contributed by atoms with Gasteiger partial charge in [0.1, 0.15) is 5.69 Å². The second kappa shape index (κ2) is 6.87. The number of nitrogens with one attached hydrogen (secondary N) is 1. The Labute approximate surface area is 134 Å². The fourth-order valence-electron chi connectivity index (χ4n) is 2.00. The van der Waals surface area contributed by atoms with Gasteiger partial charge in [-0.15, -0.1) is 0 Å². The lowest BCUT2D eigenvalue weighted by Crippen LogP contribution is -2.13. The van der Waals surface area contributed by atoms with Crippen LogP contribution in [0, 0.1) is 0 Å². The summed E-state index contributed by atoms with van der Waals surface area (Å²) >= 11 is 12.4. The van der Waals surface area contributed by atoms with E-state index in [2.05, 4.69) is 10.3 Å². The number of hydrogen-bond acceptors (Lipinski definition) is 4. The number of aromatic nitrogens is 1. The first-order chi connectivity index (χ1) is 10.0. The van der Waals surface area contributed by atoms with Crippen LogP contribution in [0.5, 0.6) is 5.88 Å². The van der Waals surface area contributed by atoms with E-state index < -0.39 is 0 Å². The maximum absolute atomic E-state index is 6.19. The van der Waals surface area contributed by atoms with Gasteiger partial charge in [0.25, 0.3) is 0 Å². The summed E-state index contributed by atoms with van der Waals surface area (Å²) in [6, 6.07) is 7.37. The number of anilines is 2. The number of hydrogen-bond donors (Lipinski definition) is 1. The molecule has 6 heteroatoms. The monoisotopic (exact) mass is 325 g/mol. The Morgan fingerprint density at radius 1 is 1.19 bits per heavy atom. The zero-order valence-electron chi connectivity index (χ0n) is 12.2. The van der Waals surface area contributed by atoms with Crippen LogP contribution in [0.2, 0.25) is 10.0 Å². The van der Waals surface area contributed by atoms with E-state index in [1.807, 2.05) is 43.3 Å². The summed E-state index contributed by atoms with van der Waals surface area (Å²) in [5.74, 6) is 0.532. The fraction of sp³-hybridized carbons (Fsp3) is 0.267. The van der Waals surface area contributed by atoms with Crippen LogP contribution < -0.4 is 15.0 Å². The summed E-state index contributed by atoms with van der Waals surface area (Å²) in [6.45, 7) is 0.488. The lowest BCUT2D eigenvalue weighted by molar-refractivity contribution is 0.400. The van der Waals surface area contributed by atoms with E-state index in [0.29, 0.717) is 22.5 Å². The van der Waals surface area contributed by atoms with Crippen molar-refractivity contribution in [2.24, 2.45) is 0 Å². The van der Waals surface area contributed by atoms with Gasteiger partial charge in [-0.3, -0.25) is 0 Å². The van der Waals surface area contributed by atoms with Gasteiger partial charge in [-0.2, -0.15) is 0 Å². The molecule has 21 heavy (non-hydrogen) atoms. The van der Waals surface area contributed by atoms with Crippen molar-refractivity contribution >= 4 is 34.6 Å². The molecule has 0 bridgehead atoms. The molecule has 2 rings (SSSR count). The first kappa shape index (κ1) is 15.7. The van der Waals surface area contributed by atoms with E-state index in [-0.39, 0.29) is 0 Å². The minimum absolute atomic E-state index is 0.488. The van der Waals surface area contributed by atoms with Gasteiger partial charge < -0.3 is 15.0 Å². The molecule has 1 heterocycles. The van der Waals surface area contributed by atoms with E-state index in [4.69, 9.17) is 27.9 Å². The zero-order chi connectivity index (χ0) is 15.4. The first-order valence-corrected chi connectivity index (χ1v) is 7.17. The molecule has 0 radical (unpaired) electrons. The molecule has 0 aliphatic carbocycles. The van der Waals surface area contributed by atoms with Crippen molar-refractivity contribution in [2.75, 3.05) is 31.4 Å². The van der Waals surface area contributed by atoms with Crippen LogP contribution in [0.25, 0.3) is 0 Å². The Morgan fingerprint density at radius 2 is 1.86 bits per heavy atom. The molecule has 0 saturated heterocycles. The van der Waals surface area contributed by atoms with Crippen molar-refractivity contribution in [2.45, 2.75) is 6.54 Å².